The zero-order valence-corrected chi connectivity index (χ0v) is 16.2. The van der Waals surface area contributed by atoms with Crippen LogP contribution in [0.3, 0.4) is 0 Å². The van der Waals surface area contributed by atoms with E-state index in [0.717, 1.165) is 49.1 Å². The summed E-state index contributed by atoms with van der Waals surface area (Å²) in [5.41, 5.74) is 1.89. The highest BCUT2D eigenvalue weighted by molar-refractivity contribution is 5.95. The second-order valence-corrected chi connectivity index (χ2v) is 8.86. The van der Waals surface area contributed by atoms with Gasteiger partial charge in [-0.15, -0.1) is 0 Å². The zero-order valence-electron chi connectivity index (χ0n) is 16.2. The van der Waals surface area contributed by atoms with Gasteiger partial charge < -0.3 is 5.32 Å². The lowest BCUT2D eigenvalue weighted by atomic mass is 9.69. The molecule has 1 fully saturated rings. The lowest BCUT2D eigenvalue weighted by Gasteiger charge is -2.36. The van der Waals surface area contributed by atoms with Gasteiger partial charge in [0.15, 0.2) is 5.69 Å². The summed E-state index contributed by atoms with van der Waals surface area (Å²) in [6, 6.07) is 5.01. The Bertz CT molecular complexity index is 899. The highest BCUT2D eigenvalue weighted by Gasteiger charge is 2.41. The number of benzene rings is 1. The number of amides is 1. The first-order chi connectivity index (χ1) is 13.0. The summed E-state index contributed by atoms with van der Waals surface area (Å²) in [6.45, 7) is 5.74. The first kappa shape index (κ1) is 19.0. The number of alkyl halides is 3. The molecule has 3 aliphatic rings. The number of fused-ring (bicyclic) bond motifs is 2. The van der Waals surface area contributed by atoms with Crippen LogP contribution in [0.15, 0.2) is 24.3 Å². The van der Waals surface area contributed by atoms with E-state index in [1.54, 1.807) is 4.68 Å². The summed E-state index contributed by atoms with van der Waals surface area (Å²) in [6.07, 6.45) is -0.244. The van der Waals surface area contributed by atoms with Crippen molar-refractivity contribution in [1.82, 2.24) is 15.1 Å². The standard InChI is InChI=1S/C21H24F3N3O/c1-20(2,3)25-19(28)17-16-12-4-6-13(7-5-12)18(16)27(26-17)15-10-8-14(9-11-15)21(22,23)24/h8-13H,4-7H2,1-3H3,(H,25,28). The van der Waals surface area contributed by atoms with Crippen molar-refractivity contribution in [2.24, 2.45) is 0 Å². The molecular weight excluding hydrogens is 367 g/mol. The molecule has 150 valence electrons. The van der Waals surface area contributed by atoms with Crippen LogP contribution in [0.1, 0.15) is 85.6 Å². The van der Waals surface area contributed by atoms with Crippen molar-refractivity contribution in [2.45, 2.75) is 70.0 Å². The topological polar surface area (TPSA) is 46.9 Å². The Morgan fingerprint density at radius 1 is 1.04 bits per heavy atom. The average molecular weight is 391 g/mol. The number of nitrogens with zero attached hydrogens (tertiary/aromatic N) is 2. The molecule has 1 aromatic carbocycles. The normalized spacial score (nSPS) is 21.5. The third-order valence-corrected chi connectivity index (χ3v) is 5.62. The molecule has 7 heteroatoms. The zero-order chi connectivity index (χ0) is 20.3. The van der Waals surface area contributed by atoms with Gasteiger partial charge in [0.1, 0.15) is 0 Å². The van der Waals surface area contributed by atoms with Gasteiger partial charge in [0.2, 0.25) is 0 Å². The van der Waals surface area contributed by atoms with E-state index >= 15 is 0 Å². The van der Waals surface area contributed by atoms with Crippen LogP contribution in [-0.2, 0) is 6.18 Å². The monoisotopic (exact) mass is 391 g/mol. The molecule has 0 aliphatic heterocycles. The van der Waals surface area contributed by atoms with Crippen LogP contribution in [0.25, 0.3) is 5.69 Å². The van der Waals surface area contributed by atoms with Gasteiger partial charge in [-0.3, -0.25) is 4.79 Å². The molecular formula is C21H24F3N3O. The maximum atomic E-state index is 12.9. The molecule has 5 rings (SSSR count). The van der Waals surface area contributed by atoms with E-state index in [1.807, 2.05) is 20.8 Å². The van der Waals surface area contributed by atoms with Crippen LogP contribution in [0.4, 0.5) is 13.2 Å². The van der Waals surface area contributed by atoms with Crippen molar-refractivity contribution in [3.8, 4) is 5.69 Å². The second kappa shape index (κ2) is 6.36. The summed E-state index contributed by atoms with van der Waals surface area (Å²) >= 11 is 0. The smallest absolute Gasteiger partial charge is 0.346 e. The molecule has 2 bridgehead atoms. The summed E-state index contributed by atoms with van der Waals surface area (Å²) in [4.78, 5) is 12.9. The van der Waals surface area contributed by atoms with Crippen molar-refractivity contribution in [3.05, 3.63) is 46.8 Å². The fraction of sp³-hybridized carbons (Fsp3) is 0.524. The molecule has 0 atom stereocenters. The molecule has 1 heterocycles. The number of aromatic nitrogens is 2. The van der Waals surface area contributed by atoms with Gasteiger partial charge in [-0.25, -0.2) is 4.68 Å². The molecule has 2 aromatic rings. The SMILES string of the molecule is CC(C)(C)NC(=O)c1nn(-c2ccc(C(F)(F)F)cc2)c2c1C1CCC2CC1. The third-order valence-electron chi connectivity index (χ3n) is 5.62. The quantitative estimate of drug-likeness (QED) is 0.767. The summed E-state index contributed by atoms with van der Waals surface area (Å²) in [7, 11) is 0. The van der Waals surface area contributed by atoms with E-state index in [1.165, 1.54) is 12.1 Å². The number of carbonyl (C=O) groups is 1. The fourth-order valence-electron chi connectivity index (χ4n) is 4.45. The van der Waals surface area contributed by atoms with Gasteiger partial charge >= 0.3 is 6.18 Å². The molecule has 0 saturated heterocycles. The Kier molecular flexibility index (Phi) is 4.32. The summed E-state index contributed by atoms with van der Waals surface area (Å²) in [5, 5.41) is 7.58. The third kappa shape index (κ3) is 3.31. The van der Waals surface area contributed by atoms with Crippen molar-refractivity contribution < 1.29 is 18.0 Å². The Morgan fingerprint density at radius 2 is 1.61 bits per heavy atom. The van der Waals surface area contributed by atoms with Crippen molar-refractivity contribution in [1.29, 1.82) is 0 Å². The van der Waals surface area contributed by atoms with E-state index in [9.17, 15) is 18.0 Å². The lowest BCUT2D eigenvalue weighted by molar-refractivity contribution is -0.137. The predicted octanol–water partition coefficient (Wildman–Crippen LogP) is 5.17. The van der Waals surface area contributed by atoms with Gasteiger partial charge in [0.05, 0.1) is 16.9 Å². The van der Waals surface area contributed by atoms with Gasteiger partial charge in [-0.2, -0.15) is 18.3 Å². The average Bonchev–Trinajstić information content (AvgIpc) is 3.04. The Hall–Kier alpha value is -2.31. The summed E-state index contributed by atoms with van der Waals surface area (Å²) in [5.74, 6) is 0.372. The molecule has 1 amide bonds. The minimum Gasteiger partial charge on any atom is -0.346 e. The first-order valence-electron chi connectivity index (χ1n) is 9.67. The highest BCUT2D eigenvalue weighted by Crippen LogP contribution is 2.51. The Balaban J connectivity index is 1.81. The van der Waals surface area contributed by atoms with Gasteiger partial charge in [-0.05, 0) is 76.6 Å². The number of halogens is 3. The molecule has 28 heavy (non-hydrogen) atoms. The van der Waals surface area contributed by atoms with E-state index in [2.05, 4.69) is 10.4 Å². The molecule has 0 radical (unpaired) electrons. The predicted molar refractivity (Wildman–Crippen MR) is 99.7 cm³/mol. The largest absolute Gasteiger partial charge is 0.416 e. The fourth-order valence-corrected chi connectivity index (χ4v) is 4.45. The van der Waals surface area contributed by atoms with Crippen LogP contribution in [0, 0.1) is 0 Å². The number of nitrogens with one attached hydrogen (secondary N) is 1. The molecule has 1 aromatic heterocycles. The summed E-state index contributed by atoms with van der Waals surface area (Å²) < 4.78 is 40.4. The molecule has 0 unspecified atom stereocenters. The maximum absolute atomic E-state index is 12.9. The van der Waals surface area contributed by atoms with Gasteiger partial charge in [0.25, 0.3) is 5.91 Å². The highest BCUT2D eigenvalue weighted by atomic mass is 19.4. The van der Waals surface area contributed by atoms with Crippen molar-refractivity contribution in [2.75, 3.05) is 0 Å². The van der Waals surface area contributed by atoms with Crippen LogP contribution < -0.4 is 5.32 Å². The van der Waals surface area contributed by atoms with E-state index in [0.29, 0.717) is 23.2 Å². The first-order valence-corrected chi connectivity index (χ1v) is 9.67. The van der Waals surface area contributed by atoms with Gasteiger partial charge in [0, 0.05) is 17.0 Å². The van der Waals surface area contributed by atoms with E-state index in [-0.39, 0.29) is 5.91 Å². The molecule has 3 aliphatic carbocycles. The van der Waals surface area contributed by atoms with Crippen LogP contribution in [0.5, 0.6) is 0 Å². The molecule has 0 spiro atoms. The molecule has 4 nitrogen and oxygen atoms in total. The maximum Gasteiger partial charge on any atom is 0.416 e. The number of rotatable bonds is 2. The Morgan fingerprint density at radius 3 is 2.14 bits per heavy atom. The van der Waals surface area contributed by atoms with Crippen molar-refractivity contribution in [3.63, 3.8) is 0 Å². The second-order valence-electron chi connectivity index (χ2n) is 8.86. The number of hydrogen-bond acceptors (Lipinski definition) is 2. The van der Waals surface area contributed by atoms with E-state index < -0.39 is 17.3 Å². The van der Waals surface area contributed by atoms with Gasteiger partial charge in [-0.1, -0.05) is 0 Å². The minimum atomic E-state index is -4.38. The molecule has 1 saturated carbocycles. The van der Waals surface area contributed by atoms with Crippen LogP contribution in [-0.4, -0.2) is 21.2 Å². The van der Waals surface area contributed by atoms with Crippen LogP contribution in [0.2, 0.25) is 0 Å². The number of carbonyl (C=O) groups excluding carboxylic acids is 1. The van der Waals surface area contributed by atoms with E-state index in [4.69, 9.17) is 0 Å². The van der Waals surface area contributed by atoms with Crippen LogP contribution >= 0.6 is 0 Å². The minimum absolute atomic E-state index is 0.220. The molecule has 1 N–H and O–H groups in total. The lowest BCUT2D eigenvalue weighted by Crippen LogP contribution is -2.41. The number of hydrogen-bond donors (Lipinski definition) is 1. The Labute approximate surface area is 162 Å². The van der Waals surface area contributed by atoms with Crippen molar-refractivity contribution >= 4 is 5.91 Å².